The molecule has 2 fully saturated rings. The number of benzene rings is 1. The minimum Gasteiger partial charge on any atom is -0.335 e. The molecule has 0 aromatic heterocycles. The van der Waals surface area contributed by atoms with E-state index in [2.05, 4.69) is 25.7 Å². The minimum absolute atomic E-state index is 0.222. The van der Waals surface area contributed by atoms with E-state index < -0.39 is 0 Å². The molecule has 1 amide bonds. The zero-order valence-corrected chi connectivity index (χ0v) is 13.1. The third kappa shape index (κ3) is 2.36. The predicted molar refractivity (Wildman–Crippen MR) is 81.7 cm³/mol. The first-order valence-electron chi connectivity index (χ1n) is 7.66. The average molecular weight is 271 g/mol. The lowest BCUT2D eigenvalue weighted by Gasteiger charge is -2.39. The molecule has 20 heavy (non-hydrogen) atoms. The Balaban J connectivity index is 1.87. The number of carbonyl (C=O) groups is 1. The number of fused-ring (bicyclic) bond motifs is 2. The number of nitrogens with zero attached hydrogens (tertiary/aromatic N) is 1. The monoisotopic (exact) mass is 271 g/mol. The summed E-state index contributed by atoms with van der Waals surface area (Å²) >= 11 is 0. The molecule has 2 atom stereocenters. The highest BCUT2D eigenvalue weighted by Gasteiger charge is 2.50. The van der Waals surface area contributed by atoms with Crippen molar-refractivity contribution >= 4 is 5.91 Å². The van der Waals surface area contributed by atoms with E-state index in [-0.39, 0.29) is 5.91 Å². The second-order valence-electron chi connectivity index (χ2n) is 8.02. The van der Waals surface area contributed by atoms with Gasteiger partial charge in [0.2, 0.25) is 0 Å². The smallest absolute Gasteiger partial charge is 0.254 e. The van der Waals surface area contributed by atoms with Crippen LogP contribution in [0.15, 0.2) is 24.3 Å². The van der Waals surface area contributed by atoms with Gasteiger partial charge in [-0.05, 0) is 49.1 Å². The lowest BCUT2D eigenvalue weighted by atomic mass is 9.65. The molecule has 2 aliphatic rings. The summed E-state index contributed by atoms with van der Waals surface area (Å²) in [5, 5.41) is 0. The molecule has 1 heterocycles. The normalized spacial score (nSPS) is 31.4. The second kappa shape index (κ2) is 4.34. The van der Waals surface area contributed by atoms with Crippen molar-refractivity contribution in [2.45, 2.75) is 53.0 Å². The van der Waals surface area contributed by atoms with E-state index in [1.165, 1.54) is 12.8 Å². The third-order valence-electron chi connectivity index (χ3n) is 4.94. The van der Waals surface area contributed by atoms with Crippen LogP contribution in [0.2, 0.25) is 0 Å². The molecule has 108 valence electrons. The maximum Gasteiger partial charge on any atom is 0.254 e. The van der Waals surface area contributed by atoms with Crippen LogP contribution in [0.1, 0.15) is 56.0 Å². The van der Waals surface area contributed by atoms with Crippen LogP contribution in [0.25, 0.3) is 0 Å². The van der Waals surface area contributed by atoms with Crippen molar-refractivity contribution in [1.82, 2.24) is 4.90 Å². The van der Waals surface area contributed by atoms with E-state index in [1.807, 2.05) is 31.2 Å². The zero-order chi connectivity index (χ0) is 14.5. The lowest BCUT2D eigenvalue weighted by molar-refractivity contribution is 0.0708. The van der Waals surface area contributed by atoms with Gasteiger partial charge in [-0.2, -0.15) is 0 Å². The maximum absolute atomic E-state index is 12.8. The summed E-state index contributed by atoms with van der Waals surface area (Å²) in [5.41, 5.74) is 2.68. The number of likely N-dealkylation sites (tertiary alicyclic amines) is 1. The van der Waals surface area contributed by atoms with Crippen molar-refractivity contribution in [2.75, 3.05) is 6.54 Å². The van der Waals surface area contributed by atoms with Gasteiger partial charge in [0, 0.05) is 18.2 Å². The molecule has 3 rings (SSSR count). The highest BCUT2D eigenvalue weighted by atomic mass is 16.2. The van der Waals surface area contributed by atoms with E-state index in [0.29, 0.717) is 16.9 Å². The Morgan fingerprint density at radius 2 is 2.00 bits per heavy atom. The molecule has 0 unspecified atom stereocenters. The number of hydrogen-bond donors (Lipinski definition) is 0. The van der Waals surface area contributed by atoms with Crippen molar-refractivity contribution in [3.63, 3.8) is 0 Å². The summed E-state index contributed by atoms with van der Waals surface area (Å²) in [6.45, 7) is 10.0. The molecule has 0 N–H and O–H groups in total. The highest BCUT2D eigenvalue weighted by Crippen LogP contribution is 2.52. The van der Waals surface area contributed by atoms with Crippen LogP contribution in [-0.4, -0.2) is 23.4 Å². The third-order valence-corrected chi connectivity index (χ3v) is 4.94. The van der Waals surface area contributed by atoms with E-state index in [9.17, 15) is 4.79 Å². The predicted octanol–water partition coefficient (Wildman–Crippen LogP) is 4.04. The molecule has 2 bridgehead atoms. The van der Waals surface area contributed by atoms with Gasteiger partial charge in [0.05, 0.1) is 0 Å². The number of rotatable bonds is 1. The van der Waals surface area contributed by atoms with E-state index in [0.717, 1.165) is 24.1 Å². The van der Waals surface area contributed by atoms with Crippen LogP contribution in [0.4, 0.5) is 0 Å². The lowest BCUT2D eigenvalue weighted by Crippen LogP contribution is -2.37. The molecule has 0 spiro atoms. The van der Waals surface area contributed by atoms with Crippen molar-refractivity contribution in [1.29, 1.82) is 0 Å². The van der Waals surface area contributed by atoms with Crippen molar-refractivity contribution in [3.05, 3.63) is 35.4 Å². The average Bonchev–Trinajstić information content (AvgIpc) is 2.57. The molecule has 1 aliphatic carbocycles. The van der Waals surface area contributed by atoms with Crippen LogP contribution in [0.5, 0.6) is 0 Å². The molecule has 0 radical (unpaired) electrons. The van der Waals surface area contributed by atoms with Crippen LogP contribution in [0, 0.1) is 17.8 Å². The van der Waals surface area contributed by atoms with Gasteiger partial charge in [0.15, 0.2) is 0 Å². The number of carbonyl (C=O) groups excluding carboxylic acids is 1. The SMILES string of the molecule is Cc1cccc(C(=O)N2C[C@@]3(C)C[C@@H]2CC(C)(C)C3)c1. The molecule has 1 saturated heterocycles. The molecular formula is C18H25NO. The zero-order valence-electron chi connectivity index (χ0n) is 13.1. The standard InChI is InChI=1S/C18H25NO/c1-13-6-5-7-14(8-13)16(20)19-12-18(4)10-15(19)9-17(2,3)11-18/h5-8,15H,9-12H2,1-4H3/t15-,18-/m0/s1. The van der Waals surface area contributed by atoms with Gasteiger partial charge in [0.25, 0.3) is 5.91 Å². The topological polar surface area (TPSA) is 20.3 Å². The van der Waals surface area contributed by atoms with Crippen molar-refractivity contribution < 1.29 is 4.79 Å². The molecule has 1 saturated carbocycles. The molecule has 1 aliphatic heterocycles. The Bertz CT molecular complexity index is 548. The fraction of sp³-hybridized carbons (Fsp3) is 0.611. The van der Waals surface area contributed by atoms with Crippen LogP contribution < -0.4 is 0 Å². The molecule has 2 heteroatoms. The van der Waals surface area contributed by atoms with Crippen LogP contribution >= 0.6 is 0 Å². The first kappa shape index (κ1) is 13.7. The fourth-order valence-electron chi connectivity index (χ4n) is 4.64. The Morgan fingerprint density at radius 1 is 1.25 bits per heavy atom. The van der Waals surface area contributed by atoms with Gasteiger partial charge in [-0.3, -0.25) is 4.79 Å². The van der Waals surface area contributed by atoms with E-state index in [4.69, 9.17) is 0 Å². The van der Waals surface area contributed by atoms with Gasteiger partial charge in [-0.25, -0.2) is 0 Å². The summed E-state index contributed by atoms with van der Waals surface area (Å²) in [5.74, 6) is 0.222. The summed E-state index contributed by atoms with van der Waals surface area (Å²) < 4.78 is 0. The Kier molecular flexibility index (Phi) is 2.97. The van der Waals surface area contributed by atoms with Gasteiger partial charge >= 0.3 is 0 Å². The largest absolute Gasteiger partial charge is 0.335 e. The Hall–Kier alpha value is -1.31. The molecule has 2 nitrogen and oxygen atoms in total. The molecule has 1 aromatic carbocycles. The Morgan fingerprint density at radius 3 is 2.70 bits per heavy atom. The van der Waals surface area contributed by atoms with Crippen LogP contribution in [0.3, 0.4) is 0 Å². The molecule has 1 aromatic rings. The summed E-state index contributed by atoms with van der Waals surface area (Å²) in [7, 11) is 0. The van der Waals surface area contributed by atoms with Gasteiger partial charge < -0.3 is 4.90 Å². The van der Waals surface area contributed by atoms with E-state index in [1.54, 1.807) is 0 Å². The van der Waals surface area contributed by atoms with Gasteiger partial charge in [0.1, 0.15) is 0 Å². The quantitative estimate of drug-likeness (QED) is 0.755. The first-order chi connectivity index (χ1) is 9.28. The minimum atomic E-state index is 0.222. The number of amides is 1. The first-order valence-corrected chi connectivity index (χ1v) is 7.66. The van der Waals surface area contributed by atoms with Gasteiger partial charge in [-0.1, -0.05) is 38.5 Å². The van der Waals surface area contributed by atoms with Crippen LogP contribution in [-0.2, 0) is 0 Å². The van der Waals surface area contributed by atoms with E-state index >= 15 is 0 Å². The Labute approximate surface area is 122 Å². The van der Waals surface area contributed by atoms with Crippen molar-refractivity contribution in [3.8, 4) is 0 Å². The number of hydrogen-bond acceptors (Lipinski definition) is 1. The van der Waals surface area contributed by atoms with Gasteiger partial charge in [-0.15, -0.1) is 0 Å². The fourth-order valence-corrected chi connectivity index (χ4v) is 4.64. The highest BCUT2D eigenvalue weighted by molar-refractivity contribution is 5.94. The summed E-state index contributed by atoms with van der Waals surface area (Å²) in [4.78, 5) is 15.0. The molecular weight excluding hydrogens is 246 g/mol. The second-order valence-corrected chi connectivity index (χ2v) is 8.02. The summed E-state index contributed by atoms with van der Waals surface area (Å²) in [6, 6.07) is 8.42. The number of aryl methyl sites for hydroxylation is 1. The maximum atomic E-state index is 12.8. The van der Waals surface area contributed by atoms with Crippen molar-refractivity contribution in [2.24, 2.45) is 10.8 Å². The summed E-state index contributed by atoms with van der Waals surface area (Å²) in [6.07, 6.45) is 3.54.